The van der Waals surface area contributed by atoms with Crippen LogP contribution in [0, 0.1) is 0 Å². The van der Waals surface area contributed by atoms with Crippen molar-refractivity contribution in [3.8, 4) is 5.75 Å². The minimum Gasteiger partial charge on any atom is -0.462 e. The minimum atomic E-state index is -1.44. The van der Waals surface area contributed by atoms with Gasteiger partial charge in [0.05, 0.1) is 6.61 Å². The monoisotopic (exact) mass is 312 g/mol. The van der Waals surface area contributed by atoms with Crippen molar-refractivity contribution in [2.45, 2.75) is 56.9 Å². The summed E-state index contributed by atoms with van der Waals surface area (Å²) >= 11 is 0. The molecule has 0 unspecified atom stereocenters. The molecule has 5 atom stereocenters. The van der Waals surface area contributed by atoms with Gasteiger partial charge >= 0.3 is 0 Å². The van der Waals surface area contributed by atoms with E-state index in [1.54, 1.807) is 6.07 Å². The van der Waals surface area contributed by atoms with E-state index >= 15 is 0 Å². The quantitative estimate of drug-likeness (QED) is 0.635. The fraction of sp³-hybridized carbons (Fsp3) is 0.625. The zero-order valence-corrected chi connectivity index (χ0v) is 13.0. The molecule has 4 N–H and O–H groups in total. The second kappa shape index (κ2) is 6.52. The van der Waals surface area contributed by atoms with E-state index in [-0.39, 0.29) is 5.41 Å². The van der Waals surface area contributed by atoms with E-state index in [4.69, 9.17) is 14.6 Å². The summed E-state index contributed by atoms with van der Waals surface area (Å²) in [6, 6.07) is 7.36. The van der Waals surface area contributed by atoms with E-state index in [9.17, 15) is 15.3 Å². The van der Waals surface area contributed by atoms with Gasteiger partial charge in [-0.05, 0) is 23.1 Å². The molecule has 0 bridgehead atoms. The first kappa shape index (κ1) is 17.2. The lowest BCUT2D eigenvalue weighted by Crippen LogP contribution is -2.60. The van der Waals surface area contributed by atoms with Crippen molar-refractivity contribution in [1.82, 2.24) is 0 Å². The molecule has 1 aromatic carbocycles. The van der Waals surface area contributed by atoms with Crippen LogP contribution in [0.5, 0.6) is 5.75 Å². The van der Waals surface area contributed by atoms with E-state index in [1.165, 1.54) is 0 Å². The third kappa shape index (κ3) is 3.59. The summed E-state index contributed by atoms with van der Waals surface area (Å²) in [5.41, 5.74) is 0.990. The van der Waals surface area contributed by atoms with Gasteiger partial charge in [-0.3, -0.25) is 0 Å². The van der Waals surface area contributed by atoms with Crippen LogP contribution in [0.2, 0.25) is 0 Å². The second-order valence-electron chi connectivity index (χ2n) is 6.59. The van der Waals surface area contributed by atoms with Crippen LogP contribution in [0.4, 0.5) is 0 Å². The Morgan fingerprint density at radius 2 is 1.77 bits per heavy atom. The van der Waals surface area contributed by atoms with Crippen molar-refractivity contribution in [3.05, 3.63) is 29.8 Å². The van der Waals surface area contributed by atoms with Gasteiger partial charge < -0.3 is 29.9 Å². The highest BCUT2D eigenvalue weighted by molar-refractivity contribution is 5.32. The molecule has 2 rings (SSSR count). The molecule has 124 valence electrons. The van der Waals surface area contributed by atoms with Gasteiger partial charge in [-0.25, -0.2) is 0 Å². The van der Waals surface area contributed by atoms with Crippen LogP contribution >= 0.6 is 0 Å². The zero-order valence-electron chi connectivity index (χ0n) is 13.0. The highest BCUT2D eigenvalue weighted by Gasteiger charge is 2.44. The number of aliphatic hydroxyl groups is 4. The number of aliphatic hydroxyl groups excluding tert-OH is 4. The molecule has 1 fully saturated rings. The van der Waals surface area contributed by atoms with Gasteiger partial charge in [0.25, 0.3) is 0 Å². The van der Waals surface area contributed by atoms with E-state index in [0.717, 1.165) is 5.56 Å². The highest BCUT2D eigenvalue weighted by atomic mass is 16.7. The standard InChI is InChI=1S/C16H24O6/c1-16(2,3)9-5-4-6-10(7-9)21-15-14(20)13(19)12(18)11(8-17)22-15/h4-7,11-15,17-20H,8H2,1-3H3/t11-,12-,13+,14-,15-/m1/s1. The van der Waals surface area contributed by atoms with Gasteiger partial charge in [0.1, 0.15) is 30.2 Å². The van der Waals surface area contributed by atoms with Crippen LogP contribution < -0.4 is 4.74 Å². The molecular formula is C16H24O6. The van der Waals surface area contributed by atoms with Crippen molar-refractivity contribution in [1.29, 1.82) is 0 Å². The summed E-state index contributed by atoms with van der Waals surface area (Å²) in [5.74, 6) is 0.483. The summed E-state index contributed by atoms with van der Waals surface area (Å²) in [4.78, 5) is 0. The number of benzene rings is 1. The highest BCUT2D eigenvalue weighted by Crippen LogP contribution is 2.28. The van der Waals surface area contributed by atoms with Gasteiger partial charge in [0.15, 0.2) is 0 Å². The third-order valence-corrected chi connectivity index (χ3v) is 3.80. The fourth-order valence-corrected chi connectivity index (χ4v) is 2.33. The van der Waals surface area contributed by atoms with E-state index < -0.39 is 37.3 Å². The first-order valence-electron chi connectivity index (χ1n) is 7.32. The van der Waals surface area contributed by atoms with Crippen molar-refractivity contribution in [2.75, 3.05) is 6.61 Å². The molecule has 6 heteroatoms. The van der Waals surface area contributed by atoms with Crippen LogP contribution in [0.1, 0.15) is 26.3 Å². The summed E-state index contributed by atoms with van der Waals surface area (Å²) in [5, 5.41) is 38.6. The van der Waals surface area contributed by atoms with Crippen molar-refractivity contribution in [2.24, 2.45) is 0 Å². The zero-order chi connectivity index (χ0) is 16.5. The molecule has 1 aromatic rings. The molecule has 1 aliphatic heterocycles. The molecule has 0 amide bonds. The number of rotatable bonds is 3. The Hall–Kier alpha value is -1.18. The topological polar surface area (TPSA) is 99.4 Å². The Kier molecular flexibility index (Phi) is 5.09. The second-order valence-corrected chi connectivity index (χ2v) is 6.59. The molecule has 1 heterocycles. The summed E-state index contributed by atoms with van der Waals surface area (Å²) in [6.45, 7) is 5.73. The molecule has 1 aliphatic rings. The molecule has 0 saturated carbocycles. The average Bonchev–Trinajstić information content (AvgIpc) is 2.47. The Morgan fingerprint density at radius 1 is 1.09 bits per heavy atom. The van der Waals surface area contributed by atoms with E-state index in [1.807, 2.05) is 18.2 Å². The largest absolute Gasteiger partial charge is 0.462 e. The van der Waals surface area contributed by atoms with Gasteiger partial charge in [0.2, 0.25) is 6.29 Å². The molecule has 0 aromatic heterocycles. The Labute approximate surface area is 129 Å². The number of hydrogen-bond donors (Lipinski definition) is 4. The molecule has 0 radical (unpaired) electrons. The summed E-state index contributed by atoms with van der Waals surface area (Å²) < 4.78 is 10.9. The Bertz CT molecular complexity index is 496. The predicted molar refractivity (Wildman–Crippen MR) is 79.5 cm³/mol. The van der Waals surface area contributed by atoms with Crippen molar-refractivity contribution >= 4 is 0 Å². The lowest BCUT2D eigenvalue weighted by atomic mass is 9.87. The first-order valence-corrected chi connectivity index (χ1v) is 7.32. The van der Waals surface area contributed by atoms with Gasteiger partial charge in [-0.15, -0.1) is 0 Å². The van der Waals surface area contributed by atoms with Crippen LogP contribution in [-0.4, -0.2) is 57.7 Å². The maximum absolute atomic E-state index is 9.97. The maximum atomic E-state index is 9.97. The smallest absolute Gasteiger partial charge is 0.229 e. The SMILES string of the molecule is CC(C)(C)c1cccc(O[C@@H]2O[C@H](CO)[C@@H](O)[C@H](O)[C@H]2O)c1. The van der Waals surface area contributed by atoms with E-state index in [2.05, 4.69) is 20.8 Å². The van der Waals surface area contributed by atoms with Crippen LogP contribution in [0.15, 0.2) is 24.3 Å². The predicted octanol–water partition coefficient (Wildman–Crippen LogP) is 0.163. The summed E-state index contributed by atoms with van der Waals surface area (Å²) in [6.07, 6.45) is -6.38. The number of ether oxygens (including phenoxy) is 2. The van der Waals surface area contributed by atoms with Crippen LogP contribution in [0.25, 0.3) is 0 Å². The Balaban J connectivity index is 2.16. The van der Waals surface area contributed by atoms with Crippen molar-refractivity contribution < 1.29 is 29.9 Å². The van der Waals surface area contributed by atoms with Crippen LogP contribution in [-0.2, 0) is 10.2 Å². The molecule has 22 heavy (non-hydrogen) atoms. The maximum Gasteiger partial charge on any atom is 0.229 e. The summed E-state index contributed by atoms with van der Waals surface area (Å²) in [7, 11) is 0. The normalized spacial score (nSPS) is 32.8. The molecular weight excluding hydrogens is 288 g/mol. The number of hydrogen-bond acceptors (Lipinski definition) is 6. The molecule has 1 saturated heterocycles. The van der Waals surface area contributed by atoms with Gasteiger partial charge in [-0.2, -0.15) is 0 Å². The van der Waals surface area contributed by atoms with E-state index in [0.29, 0.717) is 5.75 Å². The lowest BCUT2D eigenvalue weighted by molar-refractivity contribution is -0.277. The van der Waals surface area contributed by atoms with Crippen LogP contribution in [0.3, 0.4) is 0 Å². The minimum absolute atomic E-state index is 0.0608. The third-order valence-electron chi connectivity index (χ3n) is 3.80. The van der Waals surface area contributed by atoms with Gasteiger partial charge in [0, 0.05) is 0 Å². The molecule has 6 nitrogen and oxygen atoms in total. The lowest BCUT2D eigenvalue weighted by Gasteiger charge is -2.39. The fourth-order valence-electron chi connectivity index (χ4n) is 2.33. The molecule has 0 spiro atoms. The van der Waals surface area contributed by atoms with Gasteiger partial charge in [-0.1, -0.05) is 32.9 Å². The Morgan fingerprint density at radius 3 is 2.36 bits per heavy atom. The first-order chi connectivity index (χ1) is 10.2. The van der Waals surface area contributed by atoms with Crippen molar-refractivity contribution in [3.63, 3.8) is 0 Å². The average molecular weight is 312 g/mol. The molecule has 0 aliphatic carbocycles.